The molecule has 0 aliphatic heterocycles. The van der Waals surface area contributed by atoms with Crippen molar-refractivity contribution in [2.24, 2.45) is 0 Å². The van der Waals surface area contributed by atoms with Crippen LogP contribution < -0.4 is 10.6 Å². The molecule has 1 amide bonds. The molecule has 6 nitrogen and oxygen atoms in total. The number of carbonyl (C=O) groups is 1. The lowest BCUT2D eigenvalue weighted by atomic mass is 10.1. The van der Waals surface area contributed by atoms with Crippen LogP contribution in [0, 0.1) is 18.7 Å². The monoisotopic (exact) mass is 341 g/mol. The van der Waals surface area contributed by atoms with Crippen molar-refractivity contribution in [3.8, 4) is 0 Å². The molecule has 0 atom stereocenters. The Hall–Kier alpha value is -3.42. The molecule has 2 N–H and O–H groups in total. The number of aryl methyl sites for hydroxylation is 1. The first-order chi connectivity index (χ1) is 12.0. The zero-order valence-corrected chi connectivity index (χ0v) is 13.1. The van der Waals surface area contributed by atoms with Gasteiger partial charge in [0.2, 0.25) is 5.95 Å². The van der Waals surface area contributed by atoms with Gasteiger partial charge in [-0.15, -0.1) is 0 Å². The lowest BCUT2D eigenvalue weighted by Crippen LogP contribution is -2.15. The number of aromatic nitrogens is 3. The van der Waals surface area contributed by atoms with Gasteiger partial charge in [-0.25, -0.2) is 14.4 Å². The van der Waals surface area contributed by atoms with Gasteiger partial charge in [0.05, 0.1) is 29.3 Å². The molecule has 0 aliphatic rings. The summed E-state index contributed by atoms with van der Waals surface area (Å²) in [4.78, 5) is 23.8. The maximum atomic E-state index is 13.1. The zero-order chi connectivity index (χ0) is 17.8. The van der Waals surface area contributed by atoms with Gasteiger partial charge in [-0.2, -0.15) is 4.39 Å². The van der Waals surface area contributed by atoms with Crippen LogP contribution in [0.4, 0.5) is 26.0 Å². The molecule has 0 saturated heterocycles. The summed E-state index contributed by atoms with van der Waals surface area (Å²) in [5.41, 5.74) is 1.63. The minimum Gasteiger partial charge on any atom is -0.337 e. The summed E-state index contributed by atoms with van der Waals surface area (Å²) < 4.78 is 26.0. The molecule has 3 aromatic rings. The van der Waals surface area contributed by atoms with E-state index >= 15 is 0 Å². The molecule has 0 saturated carbocycles. The van der Waals surface area contributed by atoms with Crippen molar-refractivity contribution < 1.29 is 13.6 Å². The summed E-state index contributed by atoms with van der Waals surface area (Å²) in [6.07, 6.45) is 5.26. The Morgan fingerprint density at radius 1 is 1.04 bits per heavy atom. The number of nitrogens with one attached hydrogen (secondary N) is 2. The Morgan fingerprint density at radius 2 is 1.88 bits per heavy atom. The van der Waals surface area contributed by atoms with Gasteiger partial charge in [0.15, 0.2) is 0 Å². The average Bonchev–Trinajstić information content (AvgIpc) is 2.58. The number of anilines is 3. The minimum absolute atomic E-state index is 0.254. The first kappa shape index (κ1) is 16.4. The van der Waals surface area contributed by atoms with Gasteiger partial charge in [-0.3, -0.25) is 9.78 Å². The van der Waals surface area contributed by atoms with Crippen molar-refractivity contribution >= 4 is 23.1 Å². The highest BCUT2D eigenvalue weighted by Crippen LogP contribution is 2.24. The quantitative estimate of drug-likeness (QED) is 0.711. The van der Waals surface area contributed by atoms with Crippen LogP contribution in [0.25, 0.3) is 0 Å². The van der Waals surface area contributed by atoms with Crippen LogP contribution in [0.5, 0.6) is 0 Å². The molecular weight excluding hydrogens is 328 g/mol. The molecule has 0 radical (unpaired) electrons. The van der Waals surface area contributed by atoms with E-state index in [9.17, 15) is 13.6 Å². The van der Waals surface area contributed by atoms with Crippen LogP contribution in [-0.2, 0) is 0 Å². The van der Waals surface area contributed by atoms with Gasteiger partial charge >= 0.3 is 0 Å². The van der Waals surface area contributed by atoms with E-state index in [0.29, 0.717) is 22.8 Å². The predicted molar refractivity (Wildman–Crippen MR) is 88.6 cm³/mol. The molecule has 0 fully saturated rings. The standard InChI is InChI=1S/C17H13F2N5O/c1-10-6-15(19)21-8-12(10)17(25)24-13-4-5-20-9-14(13)23-16-3-2-11(18)7-22-16/h2-9H,1H3,(H,22,23)(H,20,24,25). The molecule has 0 bridgehead atoms. The topological polar surface area (TPSA) is 79.8 Å². The molecule has 0 spiro atoms. The van der Waals surface area contributed by atoms with E-state index in [-0.39, 0.29) is 5.56 Å². The fourth-order valence-electron chi connectivity index (χ4n) is 2.14. The van der Waals surface area contributed by atoms with Gasteiger partial charge in [0.1, 0.15) is 11.6 Å². The minimum atomic E-state index is -0.650. The summed E-state index contributed by atoms with van der Waals surface area (Å²) in [7, 11) is 0. The second-order valence-corrected chi connectivity index (χ2v) is 5.18. The fraction of sp³-hybridized carbons (Fsp3) is 0.0588. The number of hydrogen-bond donors (Lipinski definition) is 2. The van der Waals surface area contributed by atoms with E-state index in [4.69, 9.17) is 0 Å². The van der Waals surface area contributed by atoms with Gasteiger partial charge in [-0.1, -0.05) is 0 Å². The van der Waals surface area contributed by atoms with Gasteiger partial charge < -0.3 is 10.6 Å². The smallest absolute Gasteiger partial charge is 0.257 e. The van der Waals surface area contributed by atoms with Gasteiger partial charge in [0.25, 0.3) is 5.91 Å². The summed E-state index contributed by atoms with van der Waals surface area (Å²) in [5, 5.41) is 5.66. The number of carbonyl (C=O) groups excluding carboxylic acids is 1. The maximum absolute atomic E-state index is 13.1. The van der Waals surface area contributed by atoms with Crippen molar-refractivity contribution in [2.45, 2.75) is 6.92 Å². The summed E-state index contributed by atoms with van der Waals surface area (Å²) in [5.74, 6) is -1.15. The Morgan fingerprint density at radius 3 is 2.60 bits per heavy atom. The molecule has 3 aromatic heterocycles. The van der Waals surface area contributed by atoms with E-state index in [0.717, 1.165) is 6.20 Å². The van der Waals surface area contributed by atoms with E-state index in [1.54, 1.807) is 13.0 Å². The zero-order valence-electron chi connectivity index (χ0n) is 13.1. The van der Waals surface area contributed by atoms with Crippen LogP contribution >= 0.6 is 0 Å². The normalized spacial score (nSPS) is 10.4. The van der Waals surface area contributed by atoms with Crippen molar-refractivity contribution in [2.75, 3.05) is 10.6 Å². The van der Waals surface area contributed by atoms with Gasteiger partial charge in [0, 0.05) is 12.4 Å². The Bertz CT molecular complexity index is 915. The van der Waals surface area contributed by atoms with Crippen molar-refractivity contribution in [1.82, 2.24) is 15.0 Å². The predicted octanol–water partition coefficient (Wildman–Crippen LogP) is 3.45. The summed E-state index contributed by atoms with van der Waals surface area (Å²) in [6, 6.07) is 5.50. The average molecular weight is 341 g/mol. The lowest BCUT2D eigenvalue weighted by molar-refractivity contribution is 0.102. The largest absolute Gasteiger partial charge is 0.337 e. The summed E-state index contributed by atoms with van der Waals surface area (Å²) >= 11 is 0. The lowest BCUT2D eigenvalue weighted by Gasteiger charge is -2.12. The molecule has 3 rings (SSSR count). The molecule has 0 unspecified atom stereocenters. The molecule has 126 valence electrons. The highest BCUT2D eigenvalue weighted by molar-refractivity contribution is 6.06. The number of amides is 1. The first-order valence-electron chi connectivity index (χ1n) is 7.29. The van der Waals surface area contributed by atoms with Crippen LogP contribution in [0.2, 0.25) is 0 Å². The molecule has 0 aliphatic carbocycles. The van der Waals surface area contributed by atoms with Crippen LogP contribution in [0.3, 0.4) is 0 Å². The van der Waals surface area contributed by atoms with Gasteiger partial charge in [-0.05, 0) is 36.8 Å². The van der Waals surface area contributed by atoms with E-state index in [1.807, 2.05) is 0 Å². The Balaban J connectivity index is 1.83. The maximum Gasteiger partial charge on any atom is 0.257 e. The van der Waals surface area contributed by atoms with E-state index < -0.39 is 17.7 Å². The fourth-order valence-corrected chi connectivity index (χ4v) is 2.14. The van der Waals surface area contributed by atoms with Crippen molar-refractivity contribution in [3.05, 3.63) is 71.9 Å². The number of pyridine rings is 3. The first-order valence-corrected chi connectivity index (χ1v) is 7.29. The molecule has 3 heterocycles. The molecule has 0 aromatic carbocycles. The third-order valence-corrected chi connectivity index (χ3v) is 3.38. The van der Waals surface area contributed by atoms with Crippen LogP contribution in [0.1, 0.15) is 15.9 Å². The van der Waals surface area contributed by atoms with Crippen LogP contribution in [-0.4, -0.2) is 20.9 Å². The highest BCUT2D eigenvalue weighted by atomic mass is 19.1. The highest BCUT2D eigenvalue weighted by Gasteiger charge is 2.13. The summed E-state index contributed by atoms with van der Waals surface area (Å²) in [6.45, 7) is 1.62. The third kappa shape index (κ3) is 3.92. The Labute approximate surface area is 142 Å². The second kappa shape index (κ2) is 7.00. The third-order valence-electron chi connectivity index (χ3n) is 3.38. The molecular formula is C17H13F2N5O. The Kier molecular flexibility index (Phi) is 4.60. The number of hydrogen-bond acceptors (Lipinski definition) is 5. The van der Waals surface area contributed by atoms with Crippen molar-refractivity contribution in [1.29, 1.82) is 0 Å². The van der Waals surface area contributed by atoms with E-state index in [2.05, 4.69) is 25.6 Å². The number of rotatable bonds is 4. The SMILES string of the molecule is Cc1cc(F)ncc1C(=O)Nc1ccncc1Nc1ccc(F)cn1. The van der Waals surface area contributed by atoms with E-state index in [1.165, 1.54) is 36.8 Å². The second-order valence-electron chi connectivity index (χ2n) is 5.18. The number of halogens is 2. The number of nitrogens with zero attached hydrogens (tertiary/aromatic N) is 3. The van der Waals surface area contributed by atoms with Crippen LogP contribution in [0.15, 0.2) is 49.1 Å². The molecule has 25 heavy (non-hydrogen) atoms. The molecule has 8 heteroatoms. The van der Waals surface area contributed by atoms with Crippen molar-refractivity contribution in [3.63, 3.8) is 0 Å².